The Morgan fingerprint density at radius 3 is 2.86 bits per heavy atom. The third kappa shape index (κ3) is 3.39. The first-order chi connectivity index (χ1) is 13.7. The van der Waals surface area contributed by atoms with Crippen LogP contribution in [0, 0.1) is 0 Å². The van der Waals surface area contributed by atoms with Gasteiger partial charge in [-0.2, -0.15) is 4.68 Å². The largest absolute Gasteiger partial charge is 0.496 e. The molecule has 0 spiro atoms. The van der Waals surface area contributed by atoms with Crippen LogP contribution in [-0.4, -0.2) is 33.0 Å². The third-order valence-corrected chi connectivity index (χ3v) is 4.60. The summed E-state index contributed by atoms with van der Waals surface area (Å²) in [6.07, 6.45) is 1.67. The summed E-state index contributed by atoms with van der Waals surface area (Å²) < 4.78 is 6.88. The van der Waals surface area contributed by atoms with Crippen molar-refractivity contribution in [2.24, 2.45) is 0 Å². The Labute approximate surface area is 165 Å². The zero-order valence-corrected chi connectivity index (χ0v) is 15.7. The van der Waals surface area contributed by atoms with E-state index in [0.29, 0.717) is 34.0 Å². The van der Waals surface area contributed by atoms with Crippen LogP contribution >= 0.6 is 11.6 Å². The van der Waals surface area contributed by atoms with Crippen molar-refractivity contribution in [1.29, 1.82) is 0 Å². The van der Waals surface area contributed by atoms with E-state index in [4.69, 9.17) is 16.3 Å². The van der Waals surface area contributed by atoms with Gasteiger partial charge in [-0.05, 0) is 36.4 Å². The van der Waals surface area contributed by atoms with E-state index in [9.17, 15) is 4.79 Å². The van der Waals surface area contributed by atoms with Gasteiger partial charge in [0.2, 0.25) is 0 Å². The number of carbonyl (C=O) groups excluding carboxylic acids is 1. The molecule has 2 aromatic carbocycles. The van der Waals surface area contributed by atoms with E-state index in [1.807, 2.05) is 30.3 Å². The summed E-state index contributed by atoms with van der Waals surface area (Å²) in [6, 6.07) is 16.2. The highest BCUT2D eigenvalue weighted by atomic mass is 35.5. The molecule has 140 valence electrons. The average molecular weight is 394 g/mol. The SMILES string of the molecule is COc1ccccc1CNC(=O)c1ccc(-n2nnc3cccnc32)cc1Cl. The van der Waals surface area contributed by atoms with Gasteiger partial charge in [0.15, 0.2) is 5.65 Å². The second kappa shape index (κ2) is 7.66. The molecule has 2 aromatic heterocycles. The number of benzene rings is 2. The number of methoxy groups -OCH3 is 1. The van der Waals surface area contributed by atoms with E-state index in [-0.39, 0.29) is 5.91 Å². The first-order valence-corrected chi connectivity index (χ1v) is 8.91. The topological polar surface area (TPSA) is 81.9 Å². The van der Waals surface area contributed by atoms with Gasteiger partial charge in [-0.1, -0.05) is 35.0 Å². The van der Waals surface area contributed by atoms with Crippen molar-refractivity contribution >= 4 is 28.7 Å². The number of amides is 1. The Balaban J connectivity index is 1.55. The standard InChI is InChI=1S/C20H16ClN5O2/c1-28-18-7-3-2-5-13(18)12-23-20(27)15-9-8-14(11-16(15)21)26-19-17(24-25-26)6-4-10-22-19/h2-11H,12H2,1H3,(H,23,27). The number of fused-ring (bicyclic) bond motifs is 1. The first kappa shape index (κ1) is 17.9. The number of hydrogen-bond donors (Lipinski definition) is 1. The second-order valence-electron chi connectivity index (χ2n) is 6.01. The zero-order chi connectivity index (χ0) is 19.5. The summed E-state index contributed by atoms with van der Waals surface area (Å²) in [5, 5.41) is 11.4. The molecule has 0 atom stereocenters. The Morgan fingerprint density at radius 2 is 2.04 bits per heavy atom. The van der Waals surface area contributed by atoms with E-state index in [1.165, 1.54) is 0 Å². The summed E-state index contributed by atoms with van der Waals surface area (Å²) in [5.74, 6) is 0.443. The Bertz CT molecular complexity index is 1160. The third-order valence-electron chi connectivity index (χ3n) is 4.28. The zero-order valence-electron chi connectivity index (χ0n) is 15.0. The fourth-order valence-corrected chi connectivity index (χ4v) is 3.14. The molecule has 0 aliphatic heterocycles. The van der Waals surface area contributed by atoms with Crippen LogP contribution in [0.3, 0.4) is 0 Å². The minimum Gasteiger partial charge on any atom is -0.496 e. The lowest BCUT2D eigenvalue weighted by atomic mass is 10.1. The van der Waals surface area contributed by atoms with Gasteiger partial charge in [0.1, 0.15) is 11.3 Å². The van der Waals surface area contributed by atoms with Crippen LogP contribution in [0.15, 0.2) is 60.8 Å². The van der Waals surface area contributed by atoms with Gasteiger partial charge in [-0.3, -0.25) is 4.79 Å². The Hall–Kier alpha value is -3.45. The van der Waals surface area contributed by atoms with Crippen molar-refractivity contribution in [2.75, 3.05) is 7.11 Å². The molecule has 0 radical (unpaired) electrons. The van der Waals surface area contributed by atoms with Gasteiger partial charge in [-0.15, -0.1) is 5.10 Å². The Morgan fingerprint density at radius 1 is 1.18 bits per heavy atom. The fraction of sp³-hybridized carbons (Fsp3) is 0.100. The van der Waals surface area contributed by atoms with Crippen LogP contribution in [0.4, 0.5) is 0 Å². The maximum absolute atomic E-state index is 12.6. The smallest absolute Gasteiger partial charge is 0.253 e. The molecule has 0 saturated heterocycles. The van der Waals surface area contributed by atoms with Crippen LogP contribution in [0.2, 0.25) is 5.02 Å². The summed E-state index contributed by atoms with van der Waals surface area (Å²) in [5.41, 5.74) is 3.22. The van der Waals surface area contributed by atoms with Crippen molar-refractivity contribution in [1.82, 2.24) is 25.3 Å². The van der Waals surface area contributed by atoms with Gasteiger partial charge in [0.05, 0.1) is 23.4 Å². The Kier molecular flexibility index (Phi) is 4.90. The number of rotatable bonds is 5. The number of nitrogens with zero attached hydrogens (tertiary/aromatic N) is 4. The summed E-state index contributed by atoms with van der Waals surface area (Å²) in [7, 11) is 1.60. The molecule has 1 amide bonds. The molecule has 1 N–H and O–H groups in total. The first-order valence-electron chi connectivity index (χ1n) is 8.54. The molecule has 28 heavy (non-hydrogen) atoms. The maximum atomic E-state index is 12.6. The van der Waals surface area contributed by atoms with Crippen molar-refractivity contribution in [2.45, 2.75) is 6.54 Å². The molecule has 8 heteroatoms. The highest BCUT2D eigenvalue weighted by molar-refractivity contribution is 6.34. The molecular weight excluding hydrogens is 378 g/mol. The van der Waals surface area contributed by atoms with E-state index >= 15 is 0 Å². The van der Waals surface area contributed by atoms with Crippen molar-refractivity contribution in [3.63, 3.8) is 0 Å². The average Bonchev–Trinajstić information content (AvgIpc) is 3.16. The molecule has 0 unspecified atom stereocenters. The van der Waals surface area contributed by atoms with Crippen LogP contribution < -0.4 is 10.1 Å². The van der Waals surface area contributed by atoms with Crippen LogP contribution in [0.5, 0.6) is 5.75 Å². The van der Waals surface area contributed by atoms with Crippen molar-refractivity contribution < 1.29 is 9.53 Å². The van der Waals surface area contributed by atoms with Gasteiger partial charge >= 0.3 is 0 Å². The number of hydrogen-bond acceptors (Lipinski definition) is 5. The van der Waals surface area contributed by atoms with E-state index < -0.39 is 0 Å². The van der Waals surface area contributed by atoms with Crippen LogP contribution in [-0.2, 0) is 6.54 Å². The molecule has 4 rings (SSSR count). The quantitative estimate of drug-likeness (QED) is 0.562. The van der Waals surface area contributed by atoms with E-state index in [1.54, 1.807) is 42.3 Å². The molecule has 0 aliphatic carbocycles. The molecule has 0 aliphatic rings. The number of nitrogens with one attached hydrogen (secondary N) is 1. The lowest BCUT2D eigenvalue weighted by molar-refractivity contribution is 0.0951. The van der Waals surface area contributed by atoms with Gasteiger partial charge < -0.3 is 10.1 Å². The van der Waals surface area contributed by atoms with E-state index in [0.717, 1.165) is 11.3 Å². The van der Waals surface area contributed by atoms with Gasteiger partial charge in [0.25, 0.3) is 5.91 Å². The van der Waals surface area contributed by atoms with Crippen molar-refractivity contribution in [3.05, 3.63) is 76.9 Å². The molecule has 0 saturated carbocycles. The molecule has 4 aromatic rings. The minimum atomic E-state index is -0.274. The molecule has 7 nitrogen and oxygen atoms in total. The number of pyridine rings is 1. The lowest BCUT2D eigenvalue weighted by Gasteiger charge is -2.11. The number of ether oxygens (including phenoxy) is 1. The fourth-order valence-electron chi connectivity index (χ4n) is 2.88. The molecular formula is C20H16ClN5O2. The summed E-state index contributed by atoms with van der Waals surface area (Å²) >= 11 is 6.37. The number of halogens is 1. The minimum absolute atomic E-state index is 0.274. The lowest BCUT2D eigenvalue weighted by Crippen LogP contribution is -2.23. The second-order valence-corrected chi connectivity index (χ2v) is 6.41. The van der Waals surface area contributed by atoms with Crippen molar-refractivity contribution in [3.8, 4) is 11.4 Å². The van der Waals surface area contributed by atoms with Crippen LogP contribution in [0.25, 0.3) is 16.9 Å². The monoisotopic (exact) mass is 393 g/mol. The number of aromatic nitrogens is 4. The molecule has 2 heterocycles. The van der Waals surface area contributed by atoms with Gasteiger partial charge in [-0.25, -0.2) is 4.98 Å². The number of para-hydroxylation sites is 1. The van der Waals surface area contributed by atoms with Gasteiger partial charge in [0, 0.05) is 18.3 Å². The van der Waals surface area contributed by atoms with E-state index in [2.05, 4.69) is 20.6 Å². The normalized spacial score (nSPS) is 10.8. The summed E-state index contributed by atoms with van der Waals surface area (Å²) in [4.78, 5) is 16.9. The highest BCUT2D eigenvalue weighted by Gasteiger charge is 2.14. The predicted molar refractivity (Wildman–Crippen MR) is 106 cm³/mol. The number of carbonyl (C=O) groups is 1. The molecule has 0 fully saturated rings. The summed E-state index contributed by atoms with van der Waals surface area (Å²) in [6.45, 7) is 0.332. The highest BCUT2D eigenvalue weighted by Crippen LogP contribution is 2.22. The maximum Gasteiger partial charge on any atom is 0.253 e. The predicted octanol–water partition coefficient (Wildman–Crippen LogP) is 3.41. The molecule has 0 bridgehead atoms. The van der Waals surface area contributed by atoms with Crippen LogP contribution in [0.1, 0.15) is 15.9 Å².